The lowest BCUT2D eigenvalue weighted by Crippen LogP contribution is -2.14. The highest BCUT2D eigenvalue weighted by Gasteiger charge is 2.15. The minimum Gasteiger partial charge on any atom is -0.490 e. The first-order chi connectivity index (χ1) is 16.3. The van der Waals surface area contributed by atoms with Crippen molar-refractivity contribution in [3.8, 4) is 17.6 Å². The van der Waals surface area contributed by atoms with Gasteiger partial charge in [-0.15, -0.1) is 0 Å². The van der Waals surface area contributed by atoms with Crippen LogP contribution in [0.1, 0.15) is 29.2 Å². The Balaban J connectivity index is 1.87. The number of benzene rings is 3. The van der Waals surface area contributed by atoms with Crippen molar-refractivity contribution in [3.63, 3.8) is 0 Å². The molecule has 0 aliphatic heterocycles. The second-order valence-corrected chi connectivity index (χ2v) is 9.29. The van der Waals surface area contributed by atoms with E-state index in [4.69, 9.17) is 9.47 Å². The molecule has 0 unspecified atom stereocenters. The van der Waals surface area contributed by atoms with Crippen LogP contribution < -0.4 is 14.8 Å². The number of halogens is 2. The van der Waals surface area contributed by atoms with Crippen LogP contribution in [0.5, 0.6) is 11.5 Å². The molecule has 7 heteroatoms. The topological polar surface area (TPSA) is 71.3 Å². The standard InChI is InChI=1S/C27H24Br2N2O3/c1-4-33-25-14-19(13-23(29)26(25)34-16-20-7-5-6-8-22(20)28)12-21(15-30)27(32)31-24-11-17(2)9-10-18(24)3/h5-14H,4,16H2,1-3H3,(H,31,32)/b21-12+. The maximum Gasteiger partial charge on any atom is 0.266 e. The molecule has 0 aliphatic carbocycles. The third-order valence-electron chi connectivity index (χ3n) is 4.98. The van der Waals surface area contributed by atoms with E-state index in [1.165, 1.54) is 6.08 Å². The molecule has 0 heterocycles. The Morgan fingerprint density at radius 2 is 1.82 bits per heavy atom. The number of aryl methyl sites for hydroxylation is 2. The maximum absolute atomic E-state index is 12.8. The molecule has 0 atom stereocenters. The lowest BCUT2D eigenvalue weighted by Gasteiger charge is -2.15. The molecule has 34 heavy (non-hydrogen) atoms. The van der Waals surface area contributed by atoms with Crippen LogP contribution in [0, 0.1) is 25.2 Å². The van der Waals surface area contributed by atoms with Crippen molar-refractivity contribution in [1.82, 2.24) is 0 Å². The molecule has 0 saturated carbocycles. The first-order valence-electron chi connectivity index (χ1n) is 10.6. The van der Waals surface area contributed by atoms with Gasteiger partial charge >= 0.3 is 0 Å². The van der Waals surface area contributed by atoms with E-state index in [2.05, 4.69) is 37.2 Å². The summed E-state index contributed by atoms with van der Waals surface area (Å²) < 4.78 is 13.5. The first kappa shape index (κ1) is 25.5. The first-order valence-corrected chi connectivity index (χ1v) is 12.2. The lowest BCUT2D eigenvalue weighted by atomic mass is 10.1. The largest absolute Gasteiger partial charge is 0.490 e. The van der Waals surface area contributed by atoms with Gasteiger partial charge in [-0.3, -0.25) is 4.79 Å². The molecule has 3 rings (SSSR count). The molecule has 0 aliphatic rings. The molecular weight excluding hydrogens is 560 g/mol. The van der Waals surface area contributed by atoms with Crippen molar-refractivity contribution in [2.45, 2.75) is 27.4 Å². The molecule has 3 aromatic rings. The van der Waals surface area contributed by atoms with E-state index in [9.17, 15) is 10.1 Å². The molecule has 174 valence electrons. The van der Waals surface area contributed by atoms with Gasteiger partial charge in [0, 0.05) is 15.7 Å². The second-order valence-electron chi connectivity index (χ2n) is 7.59. The summed E-state index contributed by atoms with van der Waals surface area (Å²) in [6.45, 7) is 6.51. The Kier molecular flexibility index (Phi) is 8.91. The number of nitriles is 1. The number of hydrogen-bond donors (Lipinski definition) is 1. The quantitative estimate of drug-likeness (QED) is 0.222. The Morgan fingerprint density at radius 1 is 1.06 bits per heavy atom. The lowest BCUT2D eigenvalue weighted by molar-refractivity contribution is -0.112. The molecule has 0 spiro atoms. The van der Waals surface area contributed by atoms with Gasteiger partial charge < -0.3 is 14.8 Å². The predicted octanol–water partition coefficient (Wildman–Crippen LogP) is 7.35. The molecule has 0 saturated heterocycles. The van der Waals surface area contributed by atoms with Gasteiger partial charge in [0.15, 0.2) is 11.5 Å². The Bertz CT molecular complexity index is 1280. The zero-order valence-electron chi connectivity index (χ0n) is 19.1. The number of ether oxygens (including phenoxy) is 2. The predicted molar refractivity (Wildman–Crippen MR) is 142 cm³/mol. The number of rotatable bonds is 8. The number of carbonyl (C=O) groups excluding carboxylic acids is 1. The van der Waals surface area contributed by atoms with Crippen LogP contribution in [0.3, 0.4) is 0 Å². The average molecular weight is 584 g/mol. The van der Waals surface area contributed by atoms with Gasteiger partial charge in [-0.1, -0.05) is 46.3 Å². The van der Waals surface area contributed by atoms with E-state index in [1.54, 1.807) is 12.1 Å². The van der Waals surface area contributed by atoms with Crippen LogP contribution in [-0.2, 0) is 11.4 Å². The van der Waals surface area contributed by atoms with Gasteiger partial charge in [0.05, 0.1) is 11.1 Å². The zero-order valence-corrected chi connectivity index (χ0v) is 22.3. The molecule has 1 N–H and O–H groups in total. The summed E-state index contributed by atoms with van der Waals surface area (Å²) in [6, 6.07) is 19.1. The van der Waals surface area contributed by atoms with Crippen LogP contribution in [-0.4, -0.2) is 12.5 Å². The van der Waals surface area contributed by atoms with Crippen molar-refractivity contribution in [3.05, 3.63) is 91.4 Å². The number of amides is 1. The fraction of sp³-hybridized carbons (Fsp3) is 0.185. The summed E-state index contributed by atoms with van der Waals surface area (Å²) in [5.41, 5.74) is 4.23. The maximum atomic E-state index is 12.8. The zero-order chi connectivity index (χ0) is 24.7. The molecule has 5 nitrogen and oxygen atoms in total. The Morgan fingerprint density at radius 3 is 2.53 bits per heavy atom. The number of carbonyl (C=O) groups is 1. The van der Waals surface area contributed by atoms with Crippen LogP contribution in [0.4, 0.5) is 5.69 Å². The highest BCUT2D eigenvalue weighted by molar-refractivity contribution is 9.10. The van der Waals surface area contributed by atoms with E-state index in [0.29, 0.717) is 40.4 Å². The average Bonchev–Trinajstić information content (AvgIpc) is 2.80. The second kappa shape index (κ2) is 11.9. The van der Waals surface area contributed by atoms with E-state index in [1.807, 2.05) is 69.3 Å². The number of hydrogen-bond acceptors (Lipinski definition) is 4. The minimum atomic E-state index is -0.473. The van der Waals surface area contributed by atoms with E-state index >= 15 is 0 Å². The normalized spacial score (nSPS) is 11.0. The van der Waals surface area contributed by atoms with Gasteiger partial charge in [-0.2, -0.15) is 5.26 Å². The van der Waals surface area contributed by atoms with Crippen molar-refractivity contribution >= 4 is 49.5 Å². The van der Waals surface area contributed by atoms with Gasteiger partial charge in [-0.05, 0) is 83.7 Å². The van der Waals surface area contributed by atoms with Gasteiger partial charge in [-0.25, -0.2) is 0 Å². The molecule has 1 amide bonds. The van der Waals surface area contributed by atoms with Crippen molar-refractivity contribution in [1.29, 1.82) is 5.26 Å². The summed E-state index contributed by atoms with van der Waals surface area (Å²) >= 11 is 7.08. The van der Waals surface area contributed by atoms with E-state index < -0.39 is 5.91 Å². The highest BCUT2D eigenvalue weighted by Crippen LogP contribution is 2.38. The molecule has 0 fully saturated rings. The van der Waals surface area contributed by atoms with Crippen LogP contribution in [0.25, 0.3) is 6.08 Å². The molecule has 0 aromatic heterocycles. The third kappa shape index (κ3) is 6.49. The van der Waals surface area contributed by atoms with Crippen LogP contribution in [0.15, 0.2) is 69.1 Å². The Hall–Kier alpha value is -3.08. The number of anilines is 1. The van der Waals surface area contributed by atoms with Crippen molar-refractivity contribution < 1.29 is 14.3 Å². The summed E-state index contributed by atoms with van der Waals surface area (Å²) in [5.74, 6) is 0.593. The molecule has 0 radical (unpaired) electrons. The molecule has 3 aromatic carbocycles. The van der Waals surface area contributed by atoms with Crippen LogP contribution in [0.2, 0.25) is 0 Å². The SMILES string of the molecule is CCOc1cc(/C=C(\C#N)C(=O)Nc2cc(C)ccc2C)cc(Br)c1OCc1ccccc1Br. The summed E-state index contributed by atoms with van der Waals surface area (Å²) in [4.78, 5) is 12.8. The van der Waals surface area contributed by atoms with Crippen molar-refractivity contribution in [2.24, 2.45) is 0 Å². The van der Waals surface area contributed by atoms with E-state index in [0.717, 1.165) is 21.2 Å². The number of nitrogens with one attached hydrogen (secondary N) is 1. The molecular formula is C27H24Br2N2O3. The number of nitrogens with zero attached hydrogens (tertiary/aromatic N) is 1. The smallest absolute Gasteiger partial charge is 0.266 e. The van der Waals surface area contributed by atoms with Gasteiger partial charge in [0.2, 0.25) is 0 Å². The van der Waals surface area contributed by atoms with Gasteiger partial charge in [0.1, 0.15) is 18.2 Å². The monoisotopic (exact) mass is 582 g/mol. The third-order valence-corrected chi connectivity index (χ3v) is 6.34. The van der Waals surface area contributed by atoms with Crippen LogP contribution >= 0.6 is 31.9 Å². The van der Waals surface area contributed by atoms with Crippen molar-refractivity contribution in [2.75, 3.05) is 11.9 Å². The summed E-state index contributed by atoms with van der Waals surface area (Å²) in [6.07, 6.45) is 1.53. The summed E-state index contributed by atoms with van der Waals surface area (Å²) in [7, 11) is 0. The minimum absolute atomic E-state index is 0.0165. The molecule has 0 bridgehead atoms. The fourth-order valence-electron chi connectivity index (χ4n) is 3.22. The summed E-state index contributed by atoms with van der Waals surface area (Å²) in [5, 5.41) is 12.5. The van der Waals surface area contributed by atoms with Gasteiger partial charge in [0.25, 0.3) is 5.91 Å². The Labute approximate surface area is 216 Å². The highest BCUT2D eigenvalue weighted by atomic mass is 79.9. The van der Waals surface area contributed by atoms with E-state index in [-0.39, 0.29) is 5.57 Å². The fourth-order valence-corrected chi connectivity index (χ4v) is 4.19.